The minimum atomic E-state index is -3.40. The average Bonchev–Trinajstić information content (AvgIpc) is 2.57. The van der Waals surface area contributed by atoms with E-state index in [2.05, 4.69) is 21.0 Å². The first-order chi connectivity index (χ1) is 8.00. The molecule has 0 aromatic carbocycles. The summed E-state index contributed by atoms with van der Waals surface area (Å²) in [5.41, 5.74) is 0.487. The normalized spacial score (nSPS) is 15.1. The van der Waals surface area contributed by atoms with Crippen LogP contribution in [0.2, 0.25) is 0 Å². The topological polar surface area (TPSA) is 72.2 Å². The molecule has 18 heavy (non-hydrogen) atoms. The van der Waals surface area contributed by atoms with Crippen molar-refractivity contribution in [3.05, 3.63) is 16.4 Å². The van der Waals surface area contributed by atoms with E-state index in [0.29, 0.717) is 10.2 Å². The standard InChI is InChI=1S/C11H19BrN2O3S/c1-7(2)14-9(8(12)6-13-14)10(15)11(3,4)18(5,16)17/h6-7,10,15H,1-5H3. The van der Waals surface area contributed by atoms with Gasteiger partial charge in [-0.1, -0.05) is 0 Å². The van der Waals surface area contributed by atoms with E-state index in [-0.39, 0.29) is 6.04 Å². The van der Waals surface area contributed by atoms with E-state index in [1.165, 1.54) is 13.8 Å². The lowest BCUT2D eigenvalue weighted by Crippen LogP contribution is -2.39. The molecule has 0 aliphatic carbocycles. The van der Waals surface area contributed by atoms with E-state index in [1.807, 2.05) is 13.8 Å². The largest absolute Gasteiger partial charge is 0.385 e. The summed E-state index contributed by atoms with van der Waals surface area (Å²) in [6.45, 7) is 6.86. The summed E-state index contributed by atoms with van der Waals surface area (Å²) in [5, 5.41) is 14.6. The molecule has 0 saturated heterocycles. The highest BCUT2D eigenvalue weighted by Crippen LogP contribution is 2.36. The summed E-state index contributed by atoms with van der Waals surface area (Å²) < 4.78 is 24.5. The SMILES string of the molecule is CC(C)n1ncc(Br)c1C(O)C(C)(C)S(C)(=O)=O. The predicted octanol–water partition coefficient (Wildman–Crippen LogP) is 2.08. The zero-order valence-corrected chi connectivity index (χ0v) is 13.6. The molecule has 104 valence electrons. The molecule has 0 aliphatic rings. The molecule has 7 heteroatoms. The fourth-order valence-electron chi connectivity index (χ4n) is 1.55. The van der Waals surface area contributed by atoms with Crippen molar-refractivity contribution < 1.29 is 13.5 Å². The van der Waals surface area contributed by atoms with Crippen molar-refractivity contribution in [2.45, 2.75) is 44.6 Å². The van der Waals surface area contributed by atoms with Crippen LogP contribution in [0.1, 0.15) is 45.5 Å². The van der Waals surface area contributed by atoms with Gasteiger partial charge in [-0.05, 0) is 43.6 Å². The molecule has 1 heterocycles. The number of hydrogen-bond acceptors (Lipinski definition) is 4. The lowest BCUT2D eigenvalue weighted by Gasteiger charge is -2.30. The van der Waals surface area contributed by atoms with E-state index in [0.717, 1.165) is 6.26 Å². The highest BCUT2D eigenvalue weighted by Gasteiger charge is 2.41. The second-order valence-corrected chi connectivity index (χ2v) is 8.65. The van der Waals surface area contributed by atoms with Crippen LogP contribution >= 0.6 is 15.9 Å². The molecule has 0 bridgehead atoms. The van der Waals surface area contributed by atoms with Crippen molar-refractivity contribution in [2.24, 2.45) is 0 Å². The summed E-state index contributed by atoms with van der Waals surface area (Å²) in [6.07, 6.45) is 1.55. The van der Waals surface area contributed by atoms with Gasteiger partial charge in [0.15, 0.2) is 9.84 Å². The number of hydrogen-bond donors (Lipinski definition) is 1. The second-order valence-electron chi connectivity index (χ2n) is 5.19. The first-order valence-electron chi connectivity index (χ1n) is 5.60. The van der Waals surface area contributed by atoms with Gasteiger partial charge in [0.1, 0.15) is 6.10 Å². The minimum Gasteiger partial charge on any atom is -0.385 e. The molecule has 5 nitrogen and oxygen atoms in total. The molecule has 0 saturated carbocycles. The number of aliphatic hydroxyl groups excluding tert-OH is 1. The molecule has 1 N–H and O–H groups in total. The summed E-state index contributed by atoms with van der Waals surface area (Å²) >= 11 is 3.31. The van der Waals surface area contributed by atoms with Gasteiger partial charge in [-0.3, -0.25) is 4.68 Å². The van der Waals surface area contributed by atoms with E-state index in [1.54, 1.807) is 10.9 Å². The lowest BCUT2D eigenvalue weighted by molar-refractivity contribution is 0.127. The fourth-order valence-corrected chi connectivity index (χ4v) is 2.56. The molecular weight excluding hydrogens is 320 g/mol. The highest BCUT2D eigenvalue weighted by molar-refractivity contribution is 9.10. The monoisotopic (exact) mass is 338 g/mol. The molecular formula is C11H19BrN2O3S. The van der Waals surface area contributed by atoms with Crippen molar-refractivity contribution >= 4 is 25.8 Å². The van der Waals surface area contributed by atoms with Crippen molar-refractivity contribution in [2.75, 3.05) is 6.26 Å². The molecule has 1 aromatic heterocycles. The quantitative estimate of drug-likeness (QED) is 0.912. The van der Waals surface area contributed by atoms with Crippen LogP contribution in [0.5, 0.6) is 0 Å². The Hall–Kier alpha value is -0.400. The van der Waals surface area contributed by atoms with Gasteiger partial charge in [0, 0.05) is 12.3 Å². The third kappa shape index (κ3) is 2.62. The third-order valence-corrected chi connectivity index (χ3v) is 5.89. The maximum Gasteiger partial charge on any atom is 0.155 e. The second kappa shape index (κ2) is 4.94. The van der Waals surface area contributed by atoms with Crippen LogP contribution in [0.4, 0.5) is 0 Å². The third-order valence-electron chi connectivity index (χ3n) is 3.15. The Morgan fingerprint density at radius 3 is 2.33 bits per heavy atom. The van der Waals surface area contributed by atoms with Crippen LogP contribution in [-0.2, 0) is 9.84 Å². The Balaban J connectivity index is 3.36. The molecule has 0 spiro atoms. The van der Waals surface area contributed by atoms with Gasteiger partial charge in [0.2, 0.25) is 0 Å². The summed E-state index contributed by atoms with van der Waals surface area (Å²) in [7, 11) is -3.40. The fraction of sp³-hybridized carbons (Fsp3) is 0.727. The van der Waals surface area contributed by atoms with Crippen molar-refractivity contribution in [1.82, 2.24) is 9.78 Å². The molecule has 0 radical (unpaired) electrons. The van der Waals surface area contributed by atoms with Gasteiger partial charge < -0.3 is 5.11 Å². The smallest absolute Gasteiger partial charge is 0.155 e. The average molecular weight is 339 g/mol. The Labute approximate surface area is 116 Å². The number of rotatable bonds is 4. The molecule has 0 fully saturated rings. The first-order valence-corrected chi connectivity index (χ1v) is 8.29. The molecule has 1 unspecified atom stereocenters. The molecule has 0 amide bonds. The van der Waals surface area contributed by atoms with Crippen LogP contribution in [0.15, 0.2) is 10.7 Å². The van der Waals surface area contributed by atoms with Crippen LogP contribution in [0, 0.1) is 0 Å². The zero-order valence-electron chi connectivity index (χ0n) is 11.2. The van der Waals surface area contributed by atoms with Crippen molar-refractivity contribution in [1.29, 1.82) is 0 Å². The van der Waals surface area contributed by atoms with Crippen molar-refractivity contribution in [3.63, 3.8) is 0 Å². The summed E-state index contributed by atoms with van der Waals surface area (Å²) in [6, 6.07) is 0.0383. The van der Waals surface area contributed by atoms with Crippen LogP contribution in [0.25, 0.3) is 0 Å². The number of halogens is 1. The Kier molecular flexibility index (Phi) is 4.30. The van der Waals surface area contributed by atoms with Crippen molar-refractivity contribution in [3.8, 4) is 0 Å². The number of aromatic nitrogens is 2. The van der Waals surface area contributed by atoms with Gasteiger partial charge in [0.05, 0.1) is 21.1 Å². The molecule has 0 aliphatic heterocycles. The van der Waals surface area contributed by atoms with E-state index in [4.69, 9.17) is 0 Å². The molecule has 1 atom stereocenters. The van der Waals surface area contributed by atoms with Gasteiger partial charge >= 0.3 is 0 Å². The molecule has 1 aromatic rings. The highest BCUT2D eigenvalue weighted by atomic mass is 79.9. The van der Waals surface area contributed by atoms with E-state index >= 15 is 0 Å². The van der Waals surface area contributed by atoms with Gasteiger partial charge in [-0.25, -0.2) is 8.42 Å². The predicted molar refractivity (Wildman–Crippen MR) is 74.2 cm³/mol. The van der Waals surface area contributed by atoms with E-state index < -0.39 is 20.7 Å². The number of nitrogens with zero attached hydrogens (tertiary/aromatic N) is 2. The van der Waals surface area contributed by atoms with Gasteiger partial charge in [-0.15, -0.1) is 0 Å². The molecule has 1 rings (SSSR count). The van der Waals surface area contributed by atoms with E-state index in [9.17, 15) is 13.5 Å². The first kappa shape index (κ1) is 15.7. The van der Waals surface area contributed by atoms with Crippen LogP contribution in [0.3, 0.4) is 0 Å². The maximum absolute atomic E-state index is 11.8. The number of sulfone groups is 1. The van der Waals surface area contributed by atoms with Gasteiger partial charge in [-0.2, -0.15) is 5.10 Å². The Bertz CT molecular complexity index is 534. The maximum atomic E-state index is 11.8. The summed E-state index contributed by atoms with van der Waals surface area (Å²) in [5.74, 6) is 0. The van der Waals surface area contributed by atoms with Gasteiger partial charge in [0.25, 0.3) is 0 Å². The Morgan fingerprint density at radius 2 is 1.94 bits per heavy atom. The number of aliphatic hydroxyl groups is 1. The lowest BCUT2D eigenvalue weighted by atomic mass is 10.0. The van der Waals surface area contributed by atoms with Crippen LogP contribution in [-0.4, -0.2) is 34.3 Å². The zero-order chi connectivity index (χ0) is 14.3. The Morgan fingerprint density at radius 1 is 1.44 bits per heavy atom. The van der Waals surface area contributed by atoms with Crippen LogP contribution < -0.4 is 0 Å². The minimum absolute atomic E-state index is 0.0383. The summed E-state index contributed by atoms with van der Waals surface area (Å²) in [4.78, 5) is 0.